The van der Waals surface area contributed by atoms with Crippen LogP contribution in [0.3, 0.4) is 0 Å². The second kappa shape index (κ2) is 10.8. The van der Waals surface area contributed by atoms with Crippen LogP contribution in [-0.4, -0.2) is 39.4 Å². The van der Waals surface area contributed by atoms with Gasteiger partial charge in [-0.15, -0.1) is 0 Å². The third-order valence-electron chi connectivity index (χ3n) is 5.29. The number of hydrogen-bond acceptors (Lipinski definition) is 3. The lowest BCUT2D eigenvalue weighted by atomic mass is 10.1. The summed E-state index contributed by atoms with van der Waals surface area (Å²) >= 11 is 0. The molecule has 0 saturated carbocycles. The van der Waals surface area contributed by atoms with E-state index >= 15 is 0 Å². The van der Waals surface area contributed by atoms with E-state index in [2.05, 4.69) is 19.2 Å². The van der Waals surface area contributed by atoms with Gasteiger partial charge in [-0.25, -0.2) is 4.98 Å². The van der Waals surface area contributed by atoms with Gasteiger partial charge in [-0.1, -0.05) is 56.3 Å². The van der Waals surface area contributed by atoms with Gasteiger partial charge >= 0.3 is 0 Å². The molecule has 6 nitrogen and oxygen atoms in total. The van der Waals surface area contributed by atoms with E-state index in [1.165, 1.54) is 0 Å². The number of amides is 2. The van der Waals surface area contributed by atoms with Gasteiger partial charge in [0.2, 0.25) is 11.8 Å². The normalized spacial score (nSPS) is 12.0. The number of hydrogen-bond donors (Lipinski definition) is 1. The van der Waals surface area contributed by atoms with E-state index < -0.39 is 0 Å². The molecule has 164 valence electrons. The molecule has 0 saturated heterocycles. The molecule has 0 spiro atoms. The van der Waals surface area contributed by atoms with E-state index in [0.717, 1.165) is 42.5 Å². The van der Waals surface area contributed by atoms with Crippen molar-refractivity contribution in [2.45, 2.75) is 52.6 Å². The standard InChI is InChI=1S/C25H32N4O2/c1-4-15-28(16-5-2)24(31)18-29-22-14-10-9-13-21(22)27-25(29)19(3)26-23(30)17-20-11-7-6-8-12-20/h6-14,19H,4-5,15-18H2,1-3H3,(H,26,30). The van der Waals surface area contributed by atoms with Crippen molar-refractivity contribution in [2.75, 3.05) is 13.1 Å². The maximum Gasteiger partial charge on any atom is 0.242 e. The van der Waals surface area contributed by atoms with Crippen LogP contribution in [-0.2, 0) is 22.6 Å². The Labute approximate surface area is 184 Å². The van der Waals surface area contributed by atoms with Crippen LogP contribution in [0.1, 0.15) is 51.0 Å². The van der Waals surface area contributed by atoms with Crippen LogP contribution < -0.4 is 5.32 Å². The van der Waals surface area contributed by atoms with E-state index in [9.17, 15) is 9.59 Å². The molecule has 0 aliphatic heterocycles. The van der Waals surface area contributed by atoms with Crippen molar-refractivity contribution in [2.24, 2.45) is 0 Å². The van der Waals surface area contributed by atoms with Crippen molar-refractivity contribution >= 4 is 22.8 Å². The summed E-state index contributed by atoms with van der Waals surface area (Å²) in [7, 11) is 0. The first kappa shape index (κ1) is 22.5. The molecule has 2 aromatic carbocycles. The zero-order chi connectivity index (χ0) is 22.2. The molecule has 1 atom stereocenters. The molecule has 0 fully saturated rings. The Morgan fingerprint density at radius 1 is 1.00 bits per heavy atom. The Kier molecular flexibility index (Phi) is 7.82. The van der Waals surface area contributed by atoms with E-state index in [0.29, 0.717) is 12.2 Å². The van der Waals surface area contributed by atoms with Crippen molar-refractivity contribution in [3.8, 4) is 0 Å². The molecule has 6 heteroatoms. The average Bonchev–Trinajstić information content (AvgIpc) is 3.13. The van der Waals surface area contributed by atoms with Crippen LogP contribution >= 0.6 is 0 Å². The fourth-order valence-electron chi connectivity index (χ4n) is 3.87. The van der Waals surface area contributed by atoms with Crippen LogP contribution in [0, 0.1) is 0 Å². The lowest BCUT2D eigenvalue weighted by Gasteiger charge is -2.23. The van der Waals surface area contributed by atoms with Gasteiger partial charge in [-0.2, -0.15) is 0 Å². The van der Waals surface area contributed by atoms with Gasteiger partial charge in [-0.05, 0) is 37.5 Å². The molecule has 2 amide bonds. The van der Waals surface area contributed by atoms with Crippen molar-refractivity contribution in [3.05, 3.63) is 66.0 Å². The highest BCUT2D eigenvalue weighted by molar-refractivity contribution is 5.82. The molecule has 1 aromatic heterocycles. The zero-order valence-corrected chi connectivity index (χ0v) is 18.7. The van der Waals surface area contributed by atoms with E-state index in [1.54, 1.807) is 0 Å². The van der Waals surface area contributed by atoms with Crippen LogP contribution in [0.4, 0.5) is 0 Å². The summed E-state index contributed by atoms with van der Waals surface area (Å²) in [6.45, 7) is 7.79. The minimum Gasteiger partial charge on any atom is -0.346 e. The molecule has 31 heavy (non-hydrogen) atoms. The molecule has 3 rings (SSSR count). The molecule has 1 heterocycles. The van der Waals surface area contributed by atoms with E-state index in [4.69, 9.17) is 4.98 Å². The van der Waals surface area contributed by atoms with Gasteiger partial charge in [0.25, 0.3) is 0 Å². The first-order valence-electron chi connectivity index (χ1n) is 11.1. The molecular weight excluding hydrogens is 388 g/mol. The van der Waals surface area contributed by atoms with Gasteiger partial charge in [0.1, 0.15) is 12.4 Å². The highest BCUT2D eigenvalue weighted by Crippen LogP contribution is 2.21. The molecular formula is C25H32N4O2. The Bertz CT molecular complexity index is 1010. The number of carbonyl (C=O) groups excluding carboxylic acids is 2. The first-order chi connectivity index (χ1) is 15.0. The number of imidazole rings is 1. The fraction of sp³-hybridized carbons (Fsp3) is 0.400. The third kappa shape index (κ3) is 5.72. The molecule has 0 radical (unpaired) electrons. The number of nitrogens with one attached hydrogen (secondary N) is 1. The SMILES string of the molecule is CCCN(CCC)C(=O)Cn1c(C(C)NC(=O)Cc2ccccc2)nc2ccccc21. The lowest BCUT2D eigenvalue weighted by Crippen LogP contribution is -2.36. The zero-order valence-electron chi connectivity index (χ0n) is 18.7. The van der Waals surface area contributed by atoms with Crippen molar-refractivity contribution in [1.82, 2.24) is 19.8 Å². The highest BCUT2D eigenvalue weighted by Gasteiger charge is 2.22. The summed E-state index contributed by atoms with van der Waals surface area (Å²) in [5.74, 6) is 0.710. The second-order valence-corrected chi connectivity index (χ2v) is 7.88. The van der Waals surface area contributed by atoms with Gasteiger partial charge in [0.05, 0.1) is 23.5 Å². The number of benzene rings is 2. The van der Waals surface area contributed by atoms with Crippen LogP contribution in [0.5, 0.6) is 0 Å². The van der Waals surface area contributed by atoms with Crippen LogP contribution in [0.15, 0.2) is 54.6 Å². The smallest absolute Gasteiger partial charge is 0.242 e. The maximum absolute atomic E-state index is 13.1. The molecule has 1 N–H and O–H groups in total. The summed E-state index contributed by atoms with van der Waals surface area (Å²) in [6, 6.07) is 17.1. The number of carbonyl (C=O) groups is 2. The van der Waals surface area contributed by atoms with Gasteiger partial charge < -0.3 is 14.8 Å². The summed E-state index contributed by atoms with van der Waals surface area (Å²) < 4.78 is 1.95. The number of fused-ring (bicyclic) bond motifs is 1. The minimum absolute atomic E-state index is 0.0674. The topological polar surface area (TPSA) is 67.2 Å². The number of aromatic nitrogens is 2. The molecule has 0 aliphatic rings. The average molecular weight is 421 g/mol. The highest BCUT2D eigenvalue weighted by atomic mass is 16.2. The lowest BCUT2D eigenvalue weighted by molar-refractivity contribution is -0.131. The van der Waals surface area contributed by atoms with E-state index in [-0.39, 0.29) is 24.4 Å². The Hall–Kier alpha value is -3.15. The van der Waals surface area contributed by atoms with Crippen LogP contribution in [0.2, 0.25) is 0 Å². The van der Waals surface area contributed by atoms with Crippen molar-refractivity contribution < 1.29 is 9.59 Å². The molecule has 0 bridgehead atoms. The fourth-order valence-corrected chi connectivity index (χ4v) is 3.87. The summed E-state index contributed by atoms with van der Waals surface area (Å²) in [4.78, 5) is 32.3. The Morgan fingerprint density at radius 3 is 2.32 bits per heavy atom. The Balaban J connectivity index is 1.82. The van der Waals surface area contributed by atoms with Crippen molar-refractivity contribution in [1.29, 1.82) is 0 Å². The maximum atomic E-state index is 13.1. The van der Waals surface area contributed by atoms with Gasteiger partial charge in [0.15, 0.2) is 0 Å². The monoisotopic (exact) mass is 420 g/mol. The number of nitrogens with zero attached hydrogens (tertiary/aromatic N) is 3. The minimum atomic E-state index is -0.317. The predicted molar refractivity (Wildman–Crippen MR) is 124 cm³/mol. The third-order valence-corrected chi connectivity index (χ3v) is 5.29. The summed E-state index contributed by atoms with van der Waals surface area (Å²) in [5, 5.41) is 3.05. The largest absolute Gasteiger partial charge is 0.346 e. The van der Waals surface area contributed by atoms with Gasteiger partial charge in [0, 0.05) is 13.1 Å². The molecule has 3 aromatic rings. The predicted octanol–water partition coefficient (Wildman–Crippen LogP) is 4.10. The summed E-state index contributed by atoms with van der Waals surface area (Å²) in [5.41, 5.74) is 2.70. The summed E-state index contributed by atoms with van der Waals surface area (Å²) in [6.07, 6.45) is 2.16. The Morgan fingerprint density at radius 2 is 1.65 bits per heavy atom. The number of para-hydroxylation sites is 2. The quantitative estimate of drug-likeness (QED) is 0.537. The first-order valence-corrected chi connectivity index (χ1v) is 11.1. The van der Waals surface area contributed by atoms with Gasteiger partial charge in [-0.3, -0.25) is 9.59 Å². The second-order valence-electron chi connectivity index (χ2n) is 7.88. The van der Waals surface area contributed by atoms with Crippen LogP contribution in [0.25, 0.3) is 11.0 Å². The molecule has 1 unspecified atom stereocenters. The molecule has 0 aliphatic carbocycles. The van der Waals surface area contributed by atoms with Crippen molar-refractivity contribution in [3.63, 3.8) is 0 Å². The van der Waals surface area contributed by atoms with E-state index in [1.807, 2.05) is 71.0 Å². The number of rotatable bonds is 10.